The molecule has 0 spiro atoms. The maximum atomic E-state index is 14.4. The average molecular weight is 438 g/mol. The van der Waals surface area contributed by atoms with Crippen LogP contribution in [-0.2, 0) is 6.54 Å². The highest BCUT2D eigenvalue weighted by Crippen LogP contribution is 2.28. The van der Waals surface area contributed by atoms with Gasteiger partial charge in [0, 0.05) is 17.8 Å². The quantitative estimate of drug-likeness (QED) is 0.494. The summed E-state index contributed by atoms with van der Waals surface area (Å²) < 4.78 is 40.3. The van der Waals surface area contributed by atoms with Gasteiger partial charge in [0.15, 0.2) is 0 Å². The number of halogens is 3. The number of aromatic amines is 1. The molecule has 1 aliphatic rings. The number of hydrogen-bond donors (Lipinski definition) is 2. The van der Waals surface area contributed by atoms with Crippen LogP contribution in [-0.4, -0.2) is 50.2 Å². The molecule has 0 atom stereocenters. The van der Waals surface area contributed by atoms with E-state index in [2.05, 4.69) is 25.7 Å². The number of anilines is 1. The van der Waals surface area contributed by atoms with Gasteiger partial charge in [-0.1, -0.05) is 12.1 Å². The number of alkyl halides is 2. The number of rotatable bonds is 5. The lowest BCUT2D eigenvalue weighted by molar-refractivity contribution is -0.133. The van der Waals surface area contributed by atoms with Crippen molar-refractivity contribution in [2.24, 2.45) is 0 Å². The summed E-state index contributed by atoms with van der Waals surface area (Å²) in [6.45, 7) is -0.0948. The van der Waals surface area contributed by atoms with E-state index in [1.54, 1.807) is 41.3 Å². The minimum absolute atomic E-state index is 0.128. The van der Waals surface area contributed by atoms with Gasteiger partial charge in [-0.05, 0) is 48.0 Å². The van der Waals surface area contributed by atoms with Gasteiger partial charge in [-0.15, -0.1) is 5.10 Å². The Bertz CT molecular complexity index is 1300. The minimum Gasteiger partial charge on any atom is -0.322 e. The molecule has 0 bridgehead atoms. The Morgan fingerprint density at radius 3 is 2.59 bits per heavy atom. The van der Waals surface area contributed by atoms with Gasteiger partial charge in [-0.25, -0.2) is 18.2 Å². The normalized spacial score (nSPS) is 15.5. The van der Waals surface area contributed by atoms with Gasteiger partial charge in [0.2, 0.25) is 5.65 Å². The lowest BCUT2D eigenvalue weighted by atomic mass is 10.1. The number of carbonyl (C=O) groups excluding carboxylic acids is 1. The summed E-state index contributed by atoms with van der Waals surface area (Å²) in [4.78, 5) is 18.7. The highest BCUT2D eigenvalue weighted by molar-refractivity contribution is 6.05. The number of nitrogens with one attached hydrogen (secondary N) is 2. The van der Waals surface area contributed by atoms with Gasteiger partial charge < -0.3 is 5.32 Å². The molecule has 0 radical (unpaired) electrons. The van der Waals surface area contributed by atoms with Crippen molar-refractivity contribution in [3.63, 3.8) is 0 Å². The van der Waals surface area contributed by atoms with Crippen LogP contribution in [0.5, 0.6) is 0 Å². The molecule has 4 aromatic rings. The Morgan fingerprint density at radius 2 is 1.84 bits per heavy atom. The predicted octanol–water partition coefficient (Wildman–Crippen LogP) is 3.86. The predicted molar refractivity (Wildman–Crippen MR) is 112 cm³/mol. The first kappa shape index (κ1) is 20.1. The van der Waals surface area contributed by atoms with Crippen LogP contribution in [0.4, 0.5) is 18.9 Å². The van der Waals surface area contributed by atoms with Crippen molar-refractivity contribution in [1.29, 1.82) is 0 Å². The van der Waals surface area contributed by atoms with E-state index < -0.39 is 17.6 Å². The molecule has 10 heteroatoms. The van der Waals surface area contributed by atoms with Crippen LogP contribution in [0.25, 0.3) is 22.4 Å². The molecule has 162 valence electrons. The summed E-state index contributed by atoms with van der Waals surface area (Å²) in [7, 11) is 0. The highest BCUT2D eigenvalue weighted by atomic mass is 19.3. The maximum absolute atomic E-state index is 14.4. The average Bonchev–Trinajstić information content (AvgIpc) is 3.22. The summed E-state index contributed by atoms with van der Waals surface area (Å²) in [5.41, 5.74) is 3.29. The number of aromatic nitrogens is 4. The van der Waals surface area contributed by atoms with Crippen molar-refractivity contribution in [3.05, 3.63) is 71.5 Å². The molecule has 1 aliphatic heterocycles. The van der Waals surface area contributed by atoms with Gasteiger partial charge in [0.25, 0.3) is 11.8 Å². The third-order valence-electron chi connectivity index (χ3n) is 5.22. The van der Waals surface area contributed by atoms with Crippen LogP contribution in [0.2, 0.25) is 0 Å². The van der Waals surface area contributed by atoms with E-state index in [4.69, 9.17) is 0 Å². The number of likely N-dealkylation sites (tertiary alicyclic amines) is 1. The first-order chi connectivity index (χ1) is 15.4. The van der Waals surface area contributed by atoms with Gasteiger partial charge in [-0.2, -0.15) is 10.3 Å². The summed E-state index contributed by atoms with van der Waals surface area (Å²) in [5, 5.41) is 13.0. The maximum Gasteiger partial charge on any atom is 0.272 e. The molecule has 2 N–H and O–H groups in total. The number of hydrogen-bond acceptors (Lipinski definition) is 5. The molecule has 0 aliphatic carbocycles. The topological polar surface area (TPSA) is 86.8 Å². The molecule has 0 unspecified atom stereocenters. The summed E-state index contributed by atoms with van der Waals surface area (Å²) in [6, 6.07) is 14.4. The Labute approximate surface area is 180 Å². The minimum atomic E-state index is -2.61. The molecular weight excluding hydrogens is 421 g/mol. The van der Waals surface area contributed by atoms with Crippen LogP contribution in [0, 0.1) is 5.82 Å². The van der Waals surface area contributed by atoms with Gasteiger partial charge in [0.05, 0.1) is 24.3 Å². The molecule has 7 nitrogen and oxygen atoms in total. The van der Waals surface area contributed by atoms with E-state index in [1.165, 1.54) is 18.2 Å². The van der Waals surface area contributed by atoms with Gasteiger partial charge in [-0.3, -0.25) is 9.69 Å². The number of pyridine rings is 1. The Hall–Kier alpha value is -3.79. The fraction of sp³-hybridized carbons (Fsp3) is 0.182. The van der Waals surface area contributed by atoms with Crippen LogP contribution in [0.1, 0.15) is 15.9 Å². The Morgan fingerprint density at radius 1 is 1.06 bits per heavy atom. The molecule has 1 saturated heterocycles. The van der Waals surface area contributed by atoms with Gasteiger partial charge >= 0.3 is 0 Å². The van der Waals surface area contributed by atoms with E-state index in [1.807, 2.05) is 0 Å². The molecular formula is C22H17F3N6O. The lowest BCUT2D eigenvalue weighted by Crippen LogP contribution is -2.55. The fourth-order valence-electron chi connectivity index (χ4n) is 3.63. The van der Waals surface area contributed by atoms with E-state index >= 15 is 0 Å². The highest BCUT2D eigenvalue weighted by Gasteiger charge is 2.43. The van der Waals surface area contributed by atoms with Crippen LogP contribution < -0.4 is 5.32 Å². The van der Waals surface area contributed by atoms with Crippen molar-refractivity contribution in [1.82, 2.24) is 25.3 Å². The first-order valence-electron chi connectivity index (χ1n) is 9.84. The second kappa shape index (κ2) is 7.72. The number of nitrogens with zero attached hydrogens (tertiary/aromatic N) is 4. The Kier molecular flexibility index (Phi) is 4.86. The smallest absolute Gasteiger partial charge is 0.272 e. The summed E-state index contributed by atoms with van der Waals surface area (Å²) >= 11 is 0. The van der Waals surface area contributed by atoms with Crippen LogP contribution in [0.15, 0.2) is 54.6 Å². The lowest BCUT2D eigenvalue weighted by Gasteiger charge is -2.38. The third-order valence-corrected chi connectivity index (χ3v) is 5.22. The second-order valence-corrected chi connectivity index (χ2v) is 7.71. The molecule has 3 heterocycles. The number of carbonyl (C=O) groups is 1. The third kappa shape index (κ3) is 4.04. The summed E-state index contributed by atoms with van der Waals surface area (Å²) in [5.74, 6) is -3.88. The zero-order valence-corrected chi connectivity index (χ0v) is 16.6. The molecule has 5 rings (SSSR count). The fourth-order valence-corrected chi connectivity index (χ4v) is 3.63. The monoisotopic (exact) mass is 438 g/mol. The zero-order valence-electron chi connectivity index (χ0n) is 16.6. The SMILES string of the molecule is O=C(Nc1ccc(CN2CC(F)(F)C2)cc1)c1cc(-c2ccc3n[nH]nc3n2)ccc1F. The zero-order chi connectivity index (χ0) is 22.3. The molecule has 2 aromatic heterocycles. The van der Waals surface area contributed by atoms with Gasteiger partial charge in [0.1, 0.15) is 11.3 Å². The first-order valence-corrected chi connectivity index (χ1v) is 9.84. The molecule has 1 amide bonds. The van der Waals surface area contributed by atoms with Crippen LogP contribution in [0.3, 0.4) is 0 Å². The summed E-state index contributed by atoms with van der Waals surface area (Å²) in [6.07, 6.45) is 0. The molecule has 1 fully saturated rings. The van der Waals surface area contributed by atoms with Crippen molar-refractivity contribution in [2.75, 3.05) is 18.4 Å². The van der Waals surface area contributed by atoms with Crippen molar-refractivity contribution in [2.45, 2.75) is 12.5 Å². The molecule has 2 aromatic carbocycles. The van der Waals surface area contributed by atoms with E-state index in [9.17, 15) is 18.0 Å². The van der Waals surface area contributed by atoms with Crippen molar-refractivity contribution < 1.29 is 18.0 Å². The number of H-pyrrole nitrogens is 1. The van der Waals surface area contributed by atoms with Crippen molar-refractivity contribution >= 4 is 22.8 Å². The number of fused-ring (bicyclic) bond motifs is 1. The standard InChI is InChI=1S/C22H17F3N6O/c23-17-6-3-14(18-7-8-19-20(27-18)29-30-28-19)9-16(17)21(32)26-15-4-1-13(2-5-15)10-31-11-22(24,25)12-31/h1-9H,10-12H2,(H,26,32)(H,27,28,29,30). The second-order valence-electron chi connectivity index (χ2n) is 7.71. The molecule has 32 heavy (non-hydrogen) atoms. The van der Waals surface area contributed by atoms with E-state index in [0.29, 0.717) is 34.7 Å². The Balaban J connectivity index is 1.30. The molecule has 0 saturated carbocycles. The number of benzene rings is 2. The van der Waals surface area contributed by atoms with E-state index in [-0.39, 0.29) is 18.7 Å². The largest absolute Gasteiger partial charge is 0.322 e. The van der Waals surface area contributed by atoms with Crippen LogP contribution >= 0.6 is 0 Å². The van der Waals surface area contributed by atoms with E-state index in [0.717, 1.165) is 5.56 Å². The van der Waals surface area contributed by atoms with Crippen molar-refractivity contribution in [3.8, 4) is 11.3 Å². The number of amides is 1.